The van der Waals surface area contributed by atoms with E-state index in [4.69, 9.17) is 10.6 Å². The standard InChI is InChI=1S/C21H20N8O5S3/c1-23-21-25-10-6-28(4-3-12(10)37-21)5-9-7-35-18-14(17(31)29(18)15(9)19(32)33)26-16(30)13(27-34-2)11-8-36-20(22)24-11/h3-4,6,8,14,18H,5,7H2,1-2H3,(H4-,22,23,24,25,26,30,32,33)/p+1/b27-13-/t14?,18-/m1/s1. The number of carbonyl (C=O) groups is 3. The molecule has 0 spiro atoms. The van der Waals surface area contributed by atoms with Gasteiger partial charge in [0.25, 0.3) is 11.8 Å². The van der Waals surface area contributed by atoms with Gasteiger partial charge in [0.1, 0.15) is 35.4 Å². The number of pyridine rings is 1. The number of oxime groups is 1. The van der Waals surface area contributed by atoms with Crippen LogP contribution in [0, 0.1) is 0 Å². The molecule has 1 unspecified atom stereocenters. The molecule has 2 atom stereocenters. The van der Waals surface area contributed by atoms with E-state index in [0.29, 0.717) is 11.3 Å². The summed E-state index contributed by atoms with van der Waals surface area (Å²) in [4.78, 5) is 52.7. The molecule has 0 bridgehead atoms. The molecule has 3 aromatic rings. The van der Waals surface area contributed by atoms with Gasteiger partial charge in [-0.05, 0) is 0 Å². The number of anilines is 2. The maximum atomic E-state index is 13.0. The fraction of sp³-hybridized carbons (Fsp3) is 0.286. The third-order valence-electron chi connectivity index (χ3n) is 5.67. The predicted molar refractivity (Wildman–Crippen MR) is 139 cm³/mol. The minimum Gasteiger partial charge on any atom is -0.477 e. The van der Waals surface area contributed by atoms with Crippen LogP contribution in [0.15, 0.2) is 40.3 Å². The average molecular weight is 562 g/mol. The third-order valence-corrected chi connectivity index (χ3v) is 8.74. The zero-order valence-corrected chi connectivity index (χ0v) is 21.9. The van der Waals surface area contributed by atoms with Crippen molar-refractivity contribution in [2.24, 2.45) is 5.16 Å². The quantitative estimate of drug-likeness (QED) is 0.131. The molecule has 2 aliphatic heterocycles. The number of carboxylic acid groups (broad SMARTS) is 1. The van der Waals surface area contributed by atoms with E-state index in [0.717, 1.165) is 26.7 Å². The summed E-state index contributed by atoms with van der Waals surface area (Å²) < 4.78 is 2.84. The fourth-order valence-electron chi connectivity index (χ4n) is 4.05. The summed E-state index contributed by atoms with van der Waals surface area (Å²) in [6.45, 7) is 0.278. The highest BCUT2D eigenvalue weighted by molar-refractivity contribution is 8.00. The average Bonchev–Trinajstić information content (AvgIpc) is 3.50. The number of aliphatic carboxylic acids is 1. The van der Waals surface area contributed by atoms with Gasteiger partial charge in [-0.2, -0.15) is 4.57 Å². The molecule has 1 fully saturated rings. The van der Waals surface area contributed by atoms with Crippen LogP contribution in [0.1, 0.15) is 5.69 Å². The Kier molecular flexibility index (Phi) is 6.70. The number of fused-ring (bicyclic) bond motifs is 2. The number of nitrogens with zero attached hydrogens (tertiary/aromatic N) is 5. The molecular weight excluding hydrogens is 540 g/mol. The van der Waals surface area contributed by atoms with Gasteiger partial charge < -0.3 is 26.3 Å². The summed E-state index contributed by atoms with van der Waals surface area (Å²) in [6, 6.07) is 0.994. The molecule has 192 valence electrons. The van der Waals surface area contributed by atoms with Crippen molar-refractivity contribution >= 4 is 78.4 Å². The van der Waals surface area contributed by atoms with Gasteiger partial charge in [0, 0.05) is 29.8 Å². The SMILES string of the molecule is CNc1nc2c[n+](CC3=C(C(=O)O)N4C(=O)C(NC(=O)/C(=N\OC)c5csc(N)n5)[C@H]4SC3)ccc2s1. The molecule has 3 aromatic heterocycles. The summed E-state index contributed by atoms with van der Waals surface area (Å²) in [5, 5.41) is 21.4. The van der Waals surface area contributed by atoms with Crippen LogP contribution in [-0.4, -0.2) is 74.8 Å². The van der Waals surface area contributed by atoms with Gasteiger partial charge in [-0.15, -0.1) is 23.1 Å². The van der Waals surface area contributed by atoms with Crippen LogP contribution in [0.2, 0.25) is 0 Å². The number of amides is 2. The lowest BCUT2D eigenvalue weighted by Crippen LogP contribution is -2.71. The number of hydrogen-bond acceptors (Lipinski definition) is 12. The molecule has 0 aromatic carbocycles. The Balaban J connectivity index is 1.35. The summed E-state index contributed by atoms with van der Waals surface area (Å²) in [5.74, 6) is -2.03. The number of nitrogen functional groups attached to an aromatic ring is 1. The number of carbonyl (C=O) groups excluding carboxylic acids is 2. The normalized spacial score (nSPS) is 19.5. The molecule has 1 saturated heterocycles. The van der Waals surface area contributed by atoms with Crippen molar-refractivity contribution in [2.75, 3.05) is 31.0 Å². The number of carboxylic acids is 1. The van der Waals surface area contributed by atoms with Gasteiger partial charge >= 0.3 is 5.97 Å². The largest absolute Gasteiger partial charge is 0.477 e. The predicted octanol–water partition coefficient (Wildman–Crippen LogP) is 0.454. The number of β-lactam (4-membered cyclic amide) rings is 1. The van der Waals surface area contributed by atoms with Gasteiger partial charge in [-0.3, -0.25) is 14.5 Å². The van der Waals surface area contributed by atoms with Crippen LogP contribution in [-0.2, 0) is 25.8 Å². The van der Waals surface area contributed by atoms with Crippen molar-refractivity contribution in [3.63, 3.8) is 0 Å². The molecule has 5 rings (SSSR count). The topological polar surface area (TPSA) is 176 Å². The highest BCUT2D eigenvalue weighted by Crippen LogP contribution is 2.40. The zero-order chi connectivity index (χ0) is 26.3. The Bertz CT molecular complexity index is 1480. The van der Waals surface area contributed by atoms with Crippen molar-refractivity contribution in [1.29, 1.82) is 0 Å². The fourth-order valence-corrected chi connectivity index (χ4v) is 6.72. The van der Waals surface area contributed by atoms with E-state index in [-0.39, 0.29) is 28.8 Å². The second-order valence-electron chi connectivity index (χ2n) is 7.95. The molecule has 13 nitrogen and oxygen atoms in total. The van der Waals surface area contributed by atoms with Crippen molar-refractivity contribution in [1.82, 2.24) is 20.2 Å². The minimum atomic E-state index is -1.20. The first kappa shape index (κ1) is 24.9. The molecule has 5 N–H and O–H groups in total. The van der Waals surface area contributed by atoms with Crippen molar-refractivity contribution < 1.29 is 28.9 Å². The van der Waals surface area contributed by atoms with E-state index in [2.05, 4.69) is 25.8 Å². The van der Waals surface area contributed by atoms with E-state index in [1.54, 1.807) is 12.4 Å². The highest BCUT2D eigenvalue weighted by Gasteiger charge is 2.54. The summed E-state index contributed by atoms with van der Waals surface area (Å²) in [7, 11) is 3.08. The van der Waals surface area contributed by atoms with Crippen molar-refractivity contribution in [2.45, 2.75) is 18.0 Å². The van der Waals surface area contributed by atoms with Crippen molar-refractivity contribution in [3.05, 3.63) is 40.8 Å². The van der Waals surface area contributed by atoms with E-state index in [1.807, 2.05) is 23.0 Å². The number of hydrogen-bond donors (Lipinski definition) is 4. The maximum absolute atomic E-state index is 13.0. The summed E-state index contributed by atoms with van der Waals surface area (Å²) >= 11 is 4.03. The lowest BCUT2D eigenvalue weighted by atomic mass is 10.0. The third kappa shape index (κ3) is 4.58. The highest BCUT2D eigenvalue weighted by atomic mass is 32.2. The summed E-state index contributed by atoms with van der Waals surface area (Å²) in [6.07, 6.45) is 3.70. The molecule has 16 heteroatoms. The number of thioether (sulfide) groups is 1. The Labute approximate surface area is 222 Å². The number of rotatable bonds is 8. The first-order valence-electron chi connectivity index (χ1n) is 10.8. The number of nitrogens with one attached hydrogen (secondary N) is 2. The molecule has 5 heterocycles. The van der Waals surface area contributed by atoms with Gasteiger partial charge in [0.15, 0.2) is 34.9 Å². The van der Waals surface area contributed by atoms with Gasteiger partial charge in [0.2, 0.25) is 0 Å². The maximum Gasteiger partial charge on any atom is 0.352 e. The van der Waals surface area contributed by atoms with E-state index in [1.165, 1.54) is 35.1 Å². The van der Waals surface area contributed by atoms with Crippen LogP contribution in [0.3, 0.4) is 0 Å². The summed E-state index contributed by atoms with van der Waals surface area (Å²) in [5.41, 5.74) is 7.04. The lowest BCUT2D eigenvalue weighted by Gasteiger charge is -2.49. The van der Waals surface area contributed by atoms with Gasteiger partial charge in [0.05, 0.1) is 4.70 Å². The lowest BCUT2D eigenvalue weighted by molar-refractivity contribution is -0.687. The second kappa shape index (κ2) is 9.95. The molecule has 0 radical (unpaired) electrons. The number of nitrogens with two attached hydrogens (primary N) is 1. The van der Waals surface area contributed by atoms with E-state index >= 15 is 0 Å². The van der Waals surface area contributed by atoms with E-state index in [9.17, 15) is 19.5 Å². The Morgan fingerprint density at radius 3 is 2.89 bits per heavy atom. The van der Waals surface area contributed by atoms with Gasteiger partial charge in [-0.1, -0.05) is 16.5 Å². The smallest absolute Gasteiger partial charge is 0.352 e. The zero-order valence-electron chi connectivity index (χ0n) is 19.5. The molecule has 37 heavy (non-hydrogen) atoms. The van der Waals surface area contributed by atoms with Crippen LogP contribution in [0.4, 0.5) is 10.3 Å². The monoisotopic (exact) mass is 561 g/mol. The van der Waals surface area contributed by atoms with Gasteiger partial charge in [-0.25, -0.2) is 14.8 Å². The van der Waals surface area contributed by atoms with Crippen LogP contribution in [0.5, 0.6) is 0 Å². The van der Waals surface area contributed by atoms with Crippen LogP contribution >= 0.6 is 34.4 Å². The minimum absolute atomic E-state index is 0.0703. The molecule has 2 aliphatic rings. The first-order chi connectivity index (χ1) is 17.8. The Morgan fingerprint density at radius 1 is 1.41 bits per heavy atom. The van der Waals surface area contributed by atoms with Crippen molar-refractivity contribution in [3.8, 4) is 0 Å². The first-order valence-corrected chi connectivity index (χ1v) is 13.6. The molecule has 2 amide bonds. The number of thiazole rings is 2. The van der Waals surface area contributed by atoms with E-state index < -0.39 is 29.2 Å². The molecule has 0 saturated carbocycles. The second-order valence-corrected chi connectivity index (χ2v) is 11.0. The molecular formula is C21H21N8O5S3+. The van der Waals surface area contributed by atoms with Crippen LogP contribution in [0.25, 0.3) is 10.2 Å². The van der Waals surface area contributed by atoms with Crippen LogP contribution < -0.4 is 20.9 Å². The molecule has 0 aliphatic carbocycles. The Morgan fingerprint density at radius 2 is 2.22 bits per heavy atom. The number of aromatic nitrogens is 3. The Hall–Kier alpha value is -3.76.